The number of carboxylic acid groups (broad SMARTS) is 1. The zero-order valence-electron chi connectivity index (χ0n) is 15.6. The van der Waals surface area contributed by atoms with E-state index in [4.69, 9.17) is 5.11 Å². The maximum Gasteiger partial charge on any atom is 0.303 e. The molecule has 0 fully saturated rings. The molecule has 0 unspecified atom stereocenters. The van der Waals surface area contributed by atoms with Crippen LogP contribution in [0, 0.1) is 0 Å². The van der Waals surface area contributed by atoms with E-state index in [2.05, 4.69) is 10.6 Å². The van der Waals surface area contributed by atoms with Crippen LogP contribution in [0.3, 0.4) is 0 Å². The third kappa shape index (κ3) is 10.5. The Bertz CT molecular complexity index is 587. The van der Waals surface area contributed by atoms with E-state index in [1.807, 2.05) is 0 Å². The Morgan fingerprint density at radius 1 is 0.923 bits per heavy atom. The van der Waals surface area contributed by atoms with Crippen molar-refractivity contribution in [3.8, 4) is 0 Å². The summed E-state index contributed by atoms with van der Waals surface area (Å²) in [7, 11) is 0. The number of anilines is 1. The molecule has 26 heavy (non-hydrogen) atoms. The molecule has 0 saturated carbocycles. The van der Waals surface area contributed by atoms with Gasteiger partial charge in [-0.15, -0.1) is 0 Å². The summed E-state index contributed by atoms with van der Waals surface area (Å²) >= 11 is 0. The van der Waals surface area contributed by atoms with Crippen molar-refractivity contribution in [1.29, 1.82) is 0 Å². The van der Waals surface area contributed by atoms with E-state index in [0.29, 0.717) is 17.8 Å². The first-order chi connectivity index (χ1) is 12.5. The molecule has 0 atom stereocenters. The van der Waals surface area contributed by atoms with Crippen LogP contribution in [0.15, 0.2) is 24.3 Å². The van der Waals surface area contributed by atoms with Gasteiger partial charge in [0.15, 0.2) is 0 Å². The summed E-state index contributed by atoms with van der Waals surface area (Å²) in [5.74, 6) is -1.01. The lowest BCUT2D eigenvalue weighted by Crippen LogP contribution is -2.24. The highest BCUT2D eigenvalue weighted by atomic mass is 16.4. The Morgan fingerprint density at radius 2 is 1.54 bits per heavy atom. The van der Waals surface area contributed by atoms with Gasteiger partial charge in [0.2, 0.25) is 5.91 Å². The third-order valence-electron chi connectivity index (χ3n) is 4.05. The van der Waals surface area contributed by atoms with Crippen LogP contribution in [0.25, 0.3) is 0 Å². The maximum absolute atomic E-state index is 12.1. The Morgan fingerprint density at radius 3 is 2.15 bits per heavy atom. The van der Waals surface area contributed by atoms with Crippen molar-refractivity contribution < 1.29 is 19.5 Å². The van der Waals surface area contributed by atoms with E-state index in [-0.39, 0.29) is 18.2 Å². The van der Waals surface area contributed by atoms with Gasteiger partial charge in [0.1, 0.15) is 0 Å². The van der Waals surface area contributed by atoms with E-state index in [1.165, 1.54) is 6.92 Å². The van der Waals surface area contributed by atoms with E-state index in [0.717, 1.165) is 51.4 Å². The van der Waals surface area contributed by atoms with E-state index < -0.39 is 5.97 Å². The van der Waals surface area contributed by atoms with Crippen LogP contribution < -0.4 is 10.6 Å². The van der Waals surface area contributed by atoms with Gasteiger partial charge in [-0.3, -0.25) is 14.4 Å². The number of rotatable bonds is 13. The Labute approximate surface area is 155 Å². The lowest BCUT2D eigenvalue weighted by atomic mass is 10.1. The number of benzene rings is 1. The highest BCUT2D eigenvalue weighted by molar-refractivity contribution is 5.96. The van der Waals surface area contributed by atoms with Crippen molar-refractivity contribution in [2.45, 2.75) is 64.7 Å². The summed E-state index contributed by atoms with van der Waals surface area (Å²) < 4.78 is 0. The number of amides is 2. The van der Waals surface area contributed by atoms with Crippen molar-refractivity contribution in [3.63, 3.8) is 0 Å². The fourth-order valence-electron chi connectivity index (χ4n) is 2.71. The quantitative estimate of drug-likeness (QED) is 0.463. The van der Waals surface area contributed by atoms with Crippen molar-refractivity contribution >= 4 is 23.5 Å². The predicted molar refractivity (Wildman–Crippen MR) is 102 cm³/mol. The largest absolute Gasteiger partial charge is 0.481 e. The molecule has 0 bridgehead atoms. The van der Waals surface area contributed by atoms with E-state index in [1.54, 1.807) is 24.3 Å². The van der Waals surface area contributed by atoms with Crippen molar-refractivity contribution in [2.24, 2.45) is 0 Å². The number of hydrogen-bond donors (Lipinski definition) is 3. The molecular weight excluding hydrogens is 332 g/mol. The standard InChI is InChI=1S/C20H30N2O4/c1-16(23)22-18-12-10-11-17(15-18)20(26)21-14-9-7-5-3-2-4-6-8-13-19(24)25/h10-12,15H,2-9,13-14H2,1H3,(H,21,26)(H,22,23)(H,24,25). The van der Waals surface area contributed by atoms with Crippen molar-refractivity contribution in [1.82, 2.24) is 5.32 Å². The smallest absolute Gasteiger partial charge is 0.303 e. The molecule has 1 rings (SSSR count). The topological polar surface area (TPSA) is 95.5 Å². The number of carbonyl (C=O) groups excluding carboxylic acids is 2. The number of carbonyl (C=O) groups is 3. The molecular formula is C20H30N2O4. The minimum atomic E-state index is -0.714. The number of unbranched alkanes of at least 4 members (excludes halogenated alkanes) is 7. The third-order valence-corrected chi connectivity index (χ3v) is 4.05. The van der Waals surface area contributed by atoms with Gasteiger partial charge in [-0.2, -0.15) is 0 Å². The zero-order valence-corrected chi connectivity index (χ0v) is 15.6. The normalized spacial score (nSPS) is 10.3. The summed E-state index contributed by atoms with van der Waals surface area (Å²) in [6.07, 6.45) is 8.55. The zero-order chi connectivity index (χ0) is 19.2. The molecule has 0 aliphatic heterocycles. The molecule has 2 amide bonds. The fraction of sp³-hybridized carbons (Fsp3) is 0.550. The molecule has 144 valence electrons. The minimum absolute atomic E-state index is 0.129. The second kappa shape index (κ2) is 12.9. The lowest BCUT2D eigenvalue weighted by molar-refractivity contribution is -0.137. The lowest BCUT2D eigenvalue weighted by Gasteiger charge is -2.07. The van der Waals surface area contributed by atoms with Crippen LogP contribution in [0.4, 0.5) is 5.69 Å². The average Bonchev–Trinajstić information content (AvgIpc) is 2.58. The van der Waals surface area contributed by atoms with Crippen LogP contribution in [0.5, 0.6) is 0 Å². The molecule has 0 aliphatic rings. The number of hydrogen-bond acceptors (Lipinski definition) is 3. The number of carboxylic acids is 1. The summed E-state index contributed by atoms with van der Waals surface area (Å²) in [4.78, 5) is 33.5. The maximum atomic E-state index is 12.1. The highest BCUT2D eigenvalue weighted by Crippen LogP contribution is 2.11. The second-order valence-corrected chi connectivity index (χ2v) is 6.49. The molecule has 0 aliphatic carbocycles. The number of nitrogens with one attached hydrogen (secondary N) is 2. The summed E-state index contributed by atoms with van der Waals surface area (Å²) in [5, 5.41) is 14.1. The first kappa shape index (κ1) is 21.7. The van der Waals surface area contributed by atoms with Gasteiger partial charge >= 0.3 is 5.97 Å². The second-order valence-electron chi connectivity index (χ2n) is 6.49. The van der Waals surface area contributed by atoms with E-state index >= 15 is 0 Å². The number of aliphatic carboxylic acids is 1. The molecule has 3 N–H and O–H groups in total. The Balaban J connectivity index is 2.06. The Hall–Kier alpha value is -2.37. The molecule has 6 heteroatoms. The first-order valence-corrected chi connectivity index (χ1v) is 9.36. The van der Waals surface area contributed by atoms with Gasteiger partial charge in [-0.25, -0.2) is 0 Å². The summed E-state index contributed by atoms with van der Waals surface area (Å²) in [6.45, 7) is 2.07. The monoisotopic (exact) mass is 362 g/mol. The fourth-order valence-corrected chi connectivity index (χ4v) is 2.71. The summed E-state index contributed by atoms with van der Waals surface area (Å²) in [6, 6.07) is 6.89. The highest BCUT2D eigenvalue weighted by Gasteiger charge is 2.06. The average molecular weight is 362 g/mol. The SMILES string of the molecule is CC(=O)Nc1cccc(C(=O)NCCCCCCCCCCC(=O)O)c1. The van der Waals surface area contributed by atoms with Gasteiger partial charge in [-0.1, -0.05) is 44.6 Å². The van der Waals surface area contributed by atoms with Crippen LogP contribution in [0.2, 0.25) is 0 Å². The molecule has 6 nitrogen and oxygen atoms in total. The summed E-state index contributed by atoms with van der Waals surface area (Å²) in [5.41, 5.74) is 1.16. The van der Waals surface area contributed by atoms with Crippen LogP contribution >= 0.6 is 0 Å². The van der Waals surface area contributed by atoms with Crippen molar-refractivity contribution in [3.05, 3.63) is 29.8 Å². The van der Waals surface area contributed by atoms with Crippen molar-refractivity contribution in [2.75, 3.05) is 11.9 Å². The molecule has 0 saturated heterocycles. The van der Waals surface area contributed by atoms with Crippen LogP contribution in [-0.2, 0) is 9.59 Å². The molecule has 1 aromatic rings. The Kier molecular flexibility index (Phi) is 10.8. The van der Waals surface area contributed by atoms with Gasteiger partial charge in [0.05, 0.1) is 0 Å². The van der Waals surface area contributed by atoms with Crippen LogP contribution in [0.1, 0.15) is 75.1 Å². The van der Waals surface area contributed by atoms with E-state index in [9.17, 15) is 14.4 Å². The molecule has 0 heterocycles. The van der Waals surface area contributed by atoms with Gasteiger partial charge in [-0.05, 0) is 31.0 Å². The molecule has 0 radical (unpaired) electrons. The van der Waals surface area contributed by atoms with Gasteiger partial charge < -0.3 is 15.7 Å². The predicted octanol–water partition coefficient (Wildman–Crippen LogP) is 3.97. The van der Waals surface area contributed by atoms with Gasteiger partial charge in [0, 0.05) is 31.1 Å². The van der Waals surface area contributed by atoms with Gasteiger partial charge in [0.25, 0.3) is 5.91 Å². The first-order valence-electron chi connectivity index (χ1n) is 9.36. The minimum Gasteiger partial charge on any atom is -0.481 e. The van der Waals surface area contributed by atoms with Crippen LogP contribution in [-0.4, -0.2) is 29.4 Å². The molecule has 0 aromatic heterocycles. The molecule has 1 aromatic carbocycles. The molecule has 0 spiro atoms.